The predicted molar refractivity (Wildman–Crippen MR) is 101 cm³/mol. The number of hydrogen-bond acceptors (Lipinski definition) is 5. The zero-order chi connectivity index (χ0) is 18.1. The molecule has 0 saturated carbocycles. The summed E-state index contributed by atoms with van der Waals surface area (Å²) in [5, 5.41) is 9.94. The van der Waals surface area contributed by atoms with Crippen molar-refractivity contribution < 1.29 is 9.21 Å². The Balaban J connectivity index is 1.64. The molecule has 0 saturated heterocycles. The Labute approximate surface area is 154 Å². The Hall–Kier alpha value is -3.19. The van der Waals surface area contributed by atoms with Crippen LogP contribution in [0.2, 0.25) is 0 Å². The average molecular weight is 364 g/mol. The largest absolute Gasteiger partial charge is 0.463 e. The minimum absolute atomic E-state index is 0.183. The van der Waals surface area contributed by atoms with Crippen LogP contribution in [0.3, 0.4) is 0 Å². The number of benzene rings is 1. The first-order valence-electron chi connectivity index (χ1n) is 8.04. The summed E-state index contributed by atoms with van der Waals surface area (Å²) in [6.07, 6.45) is 1.61. The molecule has 3 aromatic heterocycles. The molecule has 26 heavy (non-hydrogen) atoms. The molecule has 0 fully saturated rings. The molecule has 1 amide bonds. The molecule has 3 heterocycles. The number of thiazole rings is 1. The van der Waals surface area contributed by atoms with E-state index >= 15 is 0 Å². The van der Waals surface area contributed by atoms with Crippen molar-refractivity contribution in [3.8, 4) is 16.6 Å². The number of carbonyl (C=O) groups excluding carboxylic acids is 1. The van der Waals surface area contributed by atoms with Gasteiger partial charge in [0.05, 0.1) is 12.0 Å². The molecule has 130 valence electrons. The van der Waals surface area contributed by atoms with E-state index < -0.39 is 0 Å². The van der Waals surface area contributed by atoms with E-state index in [-0.39, 0.29) is 5.91 Å². The van der Waals surface area contributed by atoms with Gasteiger partial charge in [-0.25, -0.2) is 4.98 Å². The Morgan fingerprint density at radius 1 is 1.19 bits per heavy atom. The Bertz CT molecular complexity index is 1060. The topological polar surface area (TPSA) is 73.0 Å². The summed E-state index contributed by atoms with van der Waals surface area (Å²) in [6.45, 7) is 3.83. The molecule has 1 N–H and O–H groups in total. The van der Waals surface area contributed by atoms with E-state index in [1.165, 1.54) is 11.3 Å². The number of carbonyl (C=O) groups is 1. The number of furan rings is 1. The lowest BCUT2D eigenvalue weighted by molar-refractivity contribution is 0.102. The Kier molecular flexibility index (Phi) is 4.14. The zero-order valence-corrected chi connectivity index (χ0v) is 15.1. The lowest BCUT2D eigenvalue weighted by Crippen LogP contribution is -2.15. The van der Waals surface area contributed by atoms with Crippen LogP contribution in [0.15, 0.2) is 58.5 Å². The average Bonchev–Trinajstić information content (AvgIpc) is 3.34. The van der Waals surface area contributed by atoms with Gasteiger partial charge < -0.3 is 9.73 Å². The highest BCUT2D eigenvalue weighted by atomic mass is 32.1. The molecule has 0 atom stereocenters. The van der Waals surface area contributed by atoms with Crippen molar-refractivity contribution in [3.05, 3.63) is 70.9 Å². The molecule has 4 rings (SSSR count). The fourth-order valence-electron chi connectivity index (χ4n) is 2.61. The summed E-state index contributed by atoms with van der Waals surface area (Å²) in [7, 11) is 0. The second-order valence-corrected chi connectivity index (χ2v) is 6.74. The minimum atomic E-state index is -0.183. The monoisotopic (exact) mass is 364 g/mol. The van der Waals surface area contributed by atoms with Crippen LogP contribution in [0.5, 0.6) is 0 Å². The molecule has 6 nitrogen and oxygen atoms in total. The van der Waals surface area contributed by atoms with Crippen molar-refractivity contribution in [2.75, 3.05) is 5.32 Å². The Morgan fingerprint density at radius 2 is 2.08 bits per heavy atom. The number of rotatable bonds is 4. The number of amides is 1. The maximum absolute atomic E-state index is 12.6. The van der Waals surface area contributed by atoms with Gasteiger partial charge in [0, 0.05) is 17.0 Å². The summed E-state index contributed by atoms with van der Waals surface area (Å²) < 4.78 is 7.02. The van der Waals surface area contributed by atoms with E-state index in [1.807, 2.05) is 55.6 Å². The lowest BCUT2D eigenvalue weighted by Gasteiger charge is -2.07. The molecule has 0 bridgehead atoms. The van der Waals surface area contributed by atoms with Crippen LogP contribution >= 0.6 is 11.3 Å². The van der Waals surface area contributed by atoms with Gasteiger partial charge in [-0.3, -0.25) is 4.79 Å². The van der Waals surface area contributed by atoms with Crippen LogP contribution in [0.4, 0.5) is 5.82 Å². The van der Waals surface area contributed by atoms with Crippen molar-refractivity contribution in [1.82, 2.24) is 14.8 Å². The van der Waals surface area contributed by atoms with Gasteiger partial charge in [0.1, 0.15) is 11.5 Å². The highest BCUT2D eigenvalue weighted by Gasteiger charge is 2.16. The van der Waals surface area contributed by atoms with Gasteiger partial charge in [-0.2, -0.15) is 9.78 Å². The molecule has 0 aliphatic heterocycles. The van der Waals surface area contributed by atoms with Gasteiger partial charge in [-0.05, 0) is 38.1 Å². The van der Waals surface area contributed by atoms with Crippen LogP contribution < -0.4 is 5.32 Å². The number of nitrogens with one attached hydrogen (secondary N) is 1. The van der Waals surface area contributed by atoms with Crippen LogP contribution in [0, 0.1) is 13.8 Å². The fraction of sp³-hybridized carbons (Fsp3) is 0.105. The molecular weight excluding hydrogens is 348 g/mol. The number of aromatic nitrogens is 3. The van der Waals surface area contributed by atoms with Gasteiger partial charge in [-0.15, -0.1) is 11.3 Å². The van der Waals surface area contributed by atoms with Crippen LogP contribution in [-0.4, -0.2) is 20.7 Å². The van der Waals surface area contributed by atoms with E-state index in [2.05, 4.69) is 15.4 Å². The van der Waals surface area contributed by atoms with Crippen molar-refractivity contribution in [2.45, 2.75) is 13.8 Å². The number of anilines is 1. The van der Waals surface area contributed by atoms with E-state index in [9.17, 15) is 4.79 Å². The van der Waals surface area contributed by atoms with E-state index in [1.54, 1.807) is 17.0 Å². The van der Waals surface area contributed by atoms with Gasteiger partial charge in [0.2, 0.25) is 5.13 Å². The van der Waals surface area contributed by atoms with Gasteiger partial charge >= 0.3 is 0 Å². The normalized spacial score (nSPS) is 10.8. The quantitative estimate of drug-likeness (QED) is 0.580. The third-order valence-corrected chi connectivity index (χ3v) is 4.62. The Morgan fingerprint density at radius 3 is 2.85 bits per heavy atom. The third-order valence-electron chi connectivity index (χ3n) is 3.80. The van der Waals surface area contributed by atoms with E-state index in [0.717, 1.165) is 17.0 Å². The zero-order valence-electron chi connectivity index (χ0n) is 14.3. The molecule has 0 spiro atoms. The van der Waals surface area contributed by atoms with Gasteiger partial charge in [0.25, 0.3) is 5.91 Å². The highest BCUT2D eigenvalue weighted by molar-refractivity contribution is 7.12. The highest BCUT2D eigenvalue weighted by Crippen LogP contribution is 2.26. The summed E-state index contributed by atoms with van der Waals surface area (Å²) in [5.74, 6) is 1.09. The first kappa shape index (κ1) is 16.3. The summed E-state index contributed by atoms with van der Waals surface area (Å²) in [5.41, 5.74) is 3.16. The number of hydrogen-bond donors (Lipinski definition) is 1. The fourth-order valence-corrected chi connectivity index (χ4v) is 3.38. The summed E-state index contributed by atoms with van der Waals surface area (Å²) >= 11 is 1.43. The van der Waals surface area contributed by atoms with Gasteiger partial charge in [0.15, 0.2) is 5.76 Å². The maximum Gasteiger partial charge on any atom is 0.256 e. The second-order valence-electron chi connectivity index (χ2n) is 5.90. The van der Waals surface area contributed by atoms with Crippen LogP contribution in [-0.2, 0) is 0 Å². The maximum atomic E-state index is 12.6. The molecule has 1 aromatic carbocycles. The van der Waals surface area contributed by atoms with Crippen LogP contribution in [0.1, 0.15) is 21.6 Å². The van der Waals surface area contributed by atoms with E-state index in [4.69, 9.17) is 4.42 Å². The predicted octanol–water partition coefficient (Wildman–Crippen LogP) is 4.46. The van der Waals surface area contributed by atoms with Crippen molar-refractivity contribution in [3.63, 3.8) is 0 Å². The minimum Gasteiger partial charge on any atom is -0.463 e. The number of nitrogens with zero attached hydrogens (tertiary/aromatic N) is 3. The third kappa shape index (κ3) is 3.16. The smallest absolute Gasteiger partial charge is 0.256 e. The first-order chi connectivity index (χ1) is 12.6. The first-order valence-corrected chi connectivity index (χ1v) is 8.92. The lowest BCUT2D eigenvalue weighted by atomic mass is 10.1. The van der Waals surface area contributed by atoms with Gasteiger partial charge in [-0.1, -0.05) is 17.7 Å². The molecule has 0 aliphatic rings. The summed E-state index contributed by atoms with van der Waals surface area (Å²) in [4.78, 5) is 17.1. The van der Waals surface area contributed by atoms with Crippen molar-refractivity contribution in [1.29, 1.82) is 0 Å². The molecule has 4 aromatic rings. The van der Waals surface area contributed by atoms with E-state index in [0.29, 0.717) is 22.3 Å². The molecule has 0 unspecified atom stereocenters. The molecule has 0 aliphatic carbocycles. The molecule has 0 radical (unpaired) electrons. The summed E-state index contributed by atoms with van der Waals surface area (Å²) in [6, 6.07) is 12.9. The SMILES string of the molecule is Cc1cccc(C(=O)Nc2cc(C)nn2-c2nc(-c3ccco3)cs2)c1. The van der Waals surface area contributed by atoms with Crippen molar-refractivity contribution >= 4 is 23.1 Å². The standard InChI is InChI=1S/C19H16N4O2S/c1-12-5-3-6-14(9-12)18(24)21-17-10-13(2)22-23(17)19-20-15(11-26-19)16-7-4-8-25-16/h3-11H,1-2H3,(H,21,24). The molecular formula is C19H16N4O2S. The molecule has 7 heteroatoms. The van der Waals surface area contributed by atoms with Crippen LogP contribution in [0.25, 0.3) is 16.6 Å². The second kappa shape index (κ2) is 6.61. The number of aryl methyl sites for hydroxylation is 2. The van der Waals surface area contributed by atoms with Crippen molar-refractivity contribution in [2.24, 2.45) is 0 Å².